The van der Waals surface area contributed by atoms with Crippen molar-refractivity contribution in [3.8, 4) is 0 Å². The largest absolute Gasteiger partial charge is 0.354 e. The van der Waals surface area contributed by atoms with E-state index in [-0.39, 0.29) is 11.8 Å². The first kappa shape index (κ1) is 16.3. The van der Waals surface area contributed by atoms with E-state index in [1.54, 1.807) is 7.05 Å². The molecule has 0 bridgehead atoms. The third kappa shape index (κ3) is 3.50. The summed E-state index contributed by atoms with van der Waals surface area (Å²) in [5.74, 6) is 2.58. The first-order chi connectivity index (χ1) is 11.5. The van der Waals surface area contributed by atoms with Gasteiger partial charge in [-0.05, 0) is 37.3 Å². The van der Waals surface area contributed by atoms with Gasteiger partial charge in [0, 0.05) is 24.7 Å². The Morgan fingerprint density at radius 3 is 2.54 bits per heavy atom. The molecule has 1 aliphatic rings. The number of carbonyl (C=O) groups is 1. The Labute approximate surface area is 141 Å². The van der Waals surface area contributed by atoms with Crippen LogP contribution in [-0.2, 0) is 0 Å². The summed E-state index contributed by atoms with van der Waals surface area (Å²) in [6, 6.07) is 3.74. The molecule has 1 saturated carbocycles. The highest BCUT2D eigenvalue weighted by Gasteiger charge is 2.27. The number of carbonyl (C=O) groups excluding carboxylic acids is 1. The Hall–Kier alpha value is -2.57. The molecular weight excluding hydrogens is 304 g/mol. The zero-order valence-electron chi connectivity index (χ0n) is 14.4. The Kier molecular flexibility index (Phi) is 4.42. The summed E-state index contributed by atoms with van der Waals surface area (Å²) in [5, 5.41) is 14.0. The molecule has 0 aromatic carbocycles. The Morgan fingerprint density at radius 2 is 1.92 bits per heavy atom. The van der Waals surface area contributed by atoms with E-state index in [4.69, 9.17) is 0 Å². The number of hydrogen-bond acceptors (Lipinski definition) is 6. The maximum Gasteiger partial charge on any atom is 0.271 e. The van der Waals surface area contributed by atoms with Gasteiger partial charge in [0.1, 0.15) is 11.6 Å². The fraction of sp³-hybridized carbons (Fsp3) is 0.471. The van der Waals surface area contributed by atoms with Crippen LogP contribution in [0.3, 0.4) is 0 Å². The van der Waals surface area contributed by atoms with Crippen molar-refractivity contribution >= 4 is 17.5 Å². The molecule has 0 atom stereocenters. The van der Waals surface area contributed by atoms with Crippen LogP contribution in [0.2, 0.25) is 0 Å². The topological polar surface area (TPSA) is 92.7 Å². The van der Waals surface area contributed by atoms with Crippen molar-refractivity contribution in [2.75, 3.05) is 12.4 Å². The minimum atomic E-state index is -0.230. The highest BCUT2D eigenvalue weighted by atomic mass is 16.1. The van der Waals surface area contributed by atoms with Gasteiger partial charge in [-0.2, -0.15) is 0 Å². The van der Waals surface area contributed by atoms with Gasteiger partial charge < -0.3 is 10.6 Å². The van der Waals surface area contributed by atoms with Crippen molar-refractivity contribution in [1.82, 2.24) is 25.5 Å². The van der Waals surface area contributed by atoms with Crippen LogP contribution in [0.25, 0.3) is 0 Å². The van der Waals surface area contributed by atoms with Gasteiger partial charge in [0.15, 0.2) is 11.5 Å². The number of nitrogens with one attached hydrogen (secondary N) is 2. The van der Waals surface area contributed by atoms with Crippen LogP contribution in [0.15, 0.2) is 12.1 Å². The number of nitrogens with zero attached hydrogens (tertiary/aromatic N) is 4. The van der Waals surface area contributed by atoms with Gasteiger partial charge in [0.05, 0.1) is 0 Å². The van der Waals surface area contributed by atoms with E-state index in [1.165, 1.54) is 0 Å². The van der Waals surface area contributed by atoms with Crippen LogP contribution in [0, 0.1) is 6.92 Å². The maximum absolute atomic E-state index is 11.9. The van der Waals surface area contributed by atoms with Crippen molar-refractivity contribution in [3.63, 3.8) is 0 Å². The minimum Gasteiger partial charge on any atom is -0.354 e. The summed E-state index contributed by atoms with van der Waals surface area (Å²) in [6.45, 7) is 6.00. The lowest BCUT2D eigenvalue weighted by Gasteiger charge is -2.13. The highest BCUT2D eigenvalue weighted by Crippen LogP contribution is 2.38. The zero-order valence-corrected chi connectivity index (χ0v) is 14.4. The Bertz CT molecular complexity index is 770. The second-order valence-corrected chi connectivity index (χ2v) is 6.42. The van der Waals surface area contributed by atoms with Crippen molar-refractivity contribution in [2.45, 2.75) is 45.4 Å². The fourth-order valence-corrected chi connectivity index (χ4v) is 2.51. The SMILES string of the molecule is CNC(=O)c1nnc(Nc2cc(C)nc(C3CC3)n2)cc1C(C)C. The molecule has 1 fully saturated rings. The van der Waals surface area contributed by atoms with E-state index in [2.05, 4.69) is 30.8 Å². The van der Waals surface area contributed by atoms with Gasteiger partial charge >= 0.3 is 0 Å². The van der Waals surface area contributed by atoms with Crippen molar-refractivity contribution in [3.05, 3.63) is 34.9 Å². The first-order valence-corrected chi connectivity index (χ1v) is 8.20. The zero-order chi connectivity index (χ0) is 17.3. The molecule has 2 aromatic rings. The Morgan fingerprint density at radius 1 is 1.17 bits per heavy atom. The van der Waals surface area contributed by atoms with E-state index in [9.17, 15) is 4.79 Å². The van der Waals surface area contributed by atoms with Gasteiger partial charge in [0.2, 0.25) is 0 Å². The summed E-state index contributed by atoms with van der Waals surface area (Å²) < 4.78 is 0. The van der Waals surface area contributed by atoms with E-state index in [0.717, 1.165) is 29.9 Å². The molecule has 0 spiro atoms. The van der Waals surface area contributed by atoms with Crippen LogP contribution in [0.4, 0.5) is 11.6 Å². The lowest BCUT2D eigenvalue weighted by Crippen LogP contribution is -2.22. The lowest BCUT2D eigenvalue weighted by molar-refractivity contribution is 0.0955. The van der Waals surface area contributed by atoms with Crippen molar-refractivity contribution in [1.29, 1.82) is 0 Å². The molecule has 2 aromatic heterocycles. The molecular formula is C17H22N6O. The fourth-order valence-electron chi connectivity index (χ4n) is 2.51. The number of hydrogen-bond donors (Lipinski definition) is 2. The summed E-state index contributed by atoms with van der Waals surface area (Å²) in [5.41, 5.74) is 2.13. The number of amides is 1. The van der Waals surface area contributed by atoms with E-state index >= 15 is 0 Å². The molecule has 2 heterocycles. The van der Waals surface area contributed by atoms with Crippen LogP contribution < -0.4 is 10.6 Å². The number of anilines is 2. The second kappa shape index (κ2) is 6.51. The van der Waals surface area contributed by atoms with Gasteiger partial charge in [-0.1, -0.05) is 13.8 Å². The molecule has 3 rings (SSSR count). The molecule has 24 heavy (non-hydrogen) atoms. The predicted molar refractivity (Wildman–Crippen MR) is 91.5 cm³/mol. The summed E-state index contributed by atoms with van der Waals surface area (Å²) in [4.78, 5) is 21.0. The monoisotopic (exact) mass is 326 g/mol. The predicted octanol–water partition coefficient (Wildman–Crippen LogP) is 2.68. The van der Waals surface area contributed by atoms with Crippen LogP contribution in [-0.4, -0.2) is 33.1 Å². The molecule has 126 valence electrons. The molecule has 0 aliphatic heterocycles. The molecule has 0 saturated heterocycles. The normalized spacial score (nSPS) is 13.9. The van der Waals surface area contributed by atoms with E-state index in [0.29, 0.717) is 23.2 Å². The average Bonchev–Trinajstić information content (AvgIpc) is 3.38. The second-order valence-electron chi connectivity index (χ2n) is 6.42. The average molecular weight is 326 g/mol. The molecule has 7 nitrogen and oxygen atoms in total. The number of rotatable bonds is 5. The first-order valence-electron chi connectivity index (χ1n) is 8.20. The van der Waals surface area contributed by atoms with Gasteiger partial charge in [-0.3, -0.25) is 4.79 Å². The third-order valence-corrected chi connectivity index (χ3v) is 3.96. The van der Waals surface area contributed by atoms with Crippen molar-refractivity contribution < 1.29 is 4.79 Å². The van der Waals surface area contributed by atoms with Gasteiger partial charge in [0.25, 0.3) is 5.91 Å². The van der Waals surface area contributed by atoms with Gasteiger partial charge in [-0.25, -0.2) is 9.97 Å². The summed E-state index contributed by atoms with van der Waals surface area (Å²) in [6.07, 6.45) is 2.31. The van der Waals surface area contributed by atoms with Gasteiger partial charge in [-0.15, -0.1) is 10.2 Å². The van der Waals surface area contributed by atoms with Crippen LogP contribution in [0.5, 0.6) is 0 Å². The smallest absolute Gasteiger partial charge is 0.271 e. The quantitative estimate of drug-likeness (QED) is 0.877. The molecule has 0 unspecified atom stereocenters. The van der Waals surface area contributed by atoms with Crippen LogP contribution in [0.1, 0.15) is 66.1 Å². The number of aromatic nitrogens is 4. The summed E-state index contributed by atoms with van der Waals surface area (Å²) in [7, 11) is 1.59. The van der Waals surface area contributed by atoms with Crippen LogP contribution >= 0.6 is 0 Å². The van der Waals surface area contributed by atoms with Crippen molar-refractivity contribution in [2.24, 2.45) is 0 Å². The third-order valence-electron chi connectivity index (χ3n) is 3.96. The minimum absolute atomic E-state index is 0.155. The van der Waals surface area contributed by atoms with E-state index < -0.39 is 0 Å². The summed E-state index contributed by atoms with van der Waals surface area (Å²) >= 11 is 0. The molecule has 1 amide bonds. The van der Waals surface area contributed by atoms with E-state index in [1.807, 2.05) is 32.9 Å². The molecule has 1 aliphatic carbocycles. The Balaban J connectivity index is 1.90. The standard InChI is InChI=1S/C17H22N6O/c1-9(2)12-8-14(22-23-15(12)17(24)18-4)20-13-7-10(3)19-16(21-13)11-5-6-11/h7-9,11H,5-6H2,1-4H3,(H,18,24)(H,19,20,21,22). The lowest BCUT2D eigenvalue weighted by atomic mass is 10.0. The molecule has 0 radical (unpaired) electrons. The molecule has 7 heteroatoms. The maximum atomic E-state index is 11.9. The highest BCUT2D eigenvalue weighted by molar-refractivity contribution is 5.93. The molecule has 2 N–H and O–H groups in total. The number of aryl methyl sites for hydroxylation is 1.